The van der Waals surface area contributed by atoms with Gasteiger partial charge in [-0.05, 0) is 25.5 Å². The normalized spacial score (nSPS) is 16.5. The smallest absolute Gasteiger partial charge is 0.239 e. The number of carbonyl (C=O) groups excluding carboxylic acids is 1. The standard InChI is InChI=1S/C17H27N3O2/c1-3-7-14(18)17(21)20-12-10-19(11-13-20)15-8-5-6-9-16(15)22-4-2/h5-6,8-9,14H,3-4,7,10-13,18H2,1-2H3/t14-/m1/s1. The van der Waals surface area contributed by atoms with E-state index in [-0.39, 0.29) is 11.9 Å². The van der Waals surface area contributed by atoms with E-state index in [1.54, 1.807) is 0 Å². The van der Waals surface area contributed by atoms with Crippen LogP contribution in [-0.2, 0) is 4.79 Å². The molecular weight excluding hydrogens is 278 g/mol. The number of ether oxygens (including phenoxy) is 1. The number of benzene rings is 1. The van der Waals surface area contributed by atoms with Gasteiger partial charge in [-0.2, -0.15) is 0 Å². The van der Waals surface area contributed by atoms with Crippen LogP contribution in [0.3, 0.4) is 0 Å². The number of anilines is 1. The van der Waals surface area contributed by atoms with E-state index in [1.807, 2.05) is 30.0 Å². The Bertz CT molecular complexity index is 485. The third kappa shape index (κ3) is 3.91. The molecule has 5 nitrogen and oxygen atoms in total. The highest BCUT2D eigenvalue weighted by molar-refractivity contribution is 5.82. The van der Waals surface area contributed by atoms with Crippen molar-refractivity contribution in [1.29, 1.82) is 0 Å². The quantitative estimate of drug-likeness (QED) is 0.871. The summed E-state index contributed by atoms with van der Waals surface area (Å²) in [6.45, 7) is 7.76. The summed E-state index contributed by atoms with van der Waals surface area (Å²) in [5.74, 6) is 0.993. The zero-order valence-electron chi connectivity index (χ0n) is 13.6. The molecule has 0 spiro atoms. The number of nitrogens with two attached hydrogens (primary N) is 1. The molecule has 1 aliphatic heterocycles. The van der Waals surface area contributed by atoms with Gasteiger partial charge in [0.2, 0.25) is 5.91 Å². The summed E-state index contributed by atoms with van der Waals surface area (Å²) in [7, 11) is 0. The number of hydrogen-bond acceptors (Lipinski definition) is 4. The van der Waals surface area contributed by atoms with Gasteiger partial charge in [0, 0.05) is 26.2 Å². The number of hydrogen-bond donors (Lipinski definition) is 1. The zero-order valence-corrected chi connectivity index (χ0v) is 13.6. The van der Waals surface area contributed by atoms with Gasteiger partial charge in [0.05, 0.1) is 18.3 Å². The van der Waals surface area contributed by atoms with Crippen molar-refractivity contribution in [3.8, 4) is 5.75 Å². The Hall–Kier alpha value is -1.75. The molecule has 0 aromatic heterocycles. The van der Waals surface area contributed by atoms with Gasteiger partial charge in [-0.3, -0.25) is 4.79 Å². The third-order valence-corrected chi connectivity index (χ3v) is 4.01. The number of nitrogens with zero attached hydrogens (tertiary/aromatic N) is 2. The lowest BCUT2D eigenvalue weighted by Crippen LogP contribution is -2.53. The maximum absolute atomic E-state index is 12.3. The Morgan fingerprint density at radius 2 is 1.91 bits per heavy atom. The number of piperazine rings is 1. The van der Waals surface area contributed by atoms with Crippen LogP contribution < -0.4 is 15.4 Å². The molecule has 2 N–H and O–H groups in total. The van der Waals surface area contributed by atoms with Gasteiger partial charge >= 0.3 is 0 Å². The summed E-state index contributed by atoms with van der Waals surface area (Å²) >= 11 is 0. The molecule has 5 heteroatoms. The monoisotopic (exact) mass is 305 g/mol. The van der Waals surface area contributed by atoms with Gasteiger partial charge < -0.3 is 20.3 Å². The first kappa shape index (κ1) is 16.6. The van der Waals surface area contributed by atoms with E-state index < -0.39 is 0 Å². The lowest BCUT2D eigenvalue weighted by Gasteiger charge is -2.37. The van der Waals surface area contributed by atoms with Crippen molar-refractivity contribution in [3.05, 3.63) is 24.3 Å². The predicted octanol–water partition coefficient (Wildman–Crippen LogP) is 1.86. The maximum Gasteiger partial charge on any atom is 0.239 e. The highest BCUT2D eigenvalue weighted by Gasteiger charge is 2.25. The maximum atomic E-state index is 12.3. The third-order valence-electron chi connectivity index (χ3n) is 4.01. The van der Waals surface area contributed by atoms with Crippen LogP contribution in [0.1, 0.15) is 26.7 Å². The van der Waals surface area contributed by atoms with Crippen LogP contribution in [0.25, 0.3) is 0 Å². The molecule has 1 aliphatic rings. The first-order valence-corrected chi connectivity index (χ1v) is 8.18. The molecular formula is C17H27N3O2. The second kappa shape index (κ2) is 8.03. The van der Waals surface area contributed by atoms with Gasteiger partial charge in [-0.15, -0.1) is 0 Å². The summed E-state index contributed by atoms with van der Waals surface area (Å²) in [4.78, 5) is 16.4. The van der Waals surface area contributed by atoms with E-state index in [4.69, 9.17) is 10.5 Å². The van der Waals surface area contributed by atoms with Crippen LogP contribution in [0.2, 0.25) is 0 Å². The van der Waals surface area contributed by atoms with Crippen LogP contribution in [0.4, 0.5) is 5.69 Å². The summed E-state index contributed by atoms with van der Waals surface area (Å²) < 4.78 is 5.69. The van der Waals surface area contributed by atoms with Crippen molar-refractivity contribution in [1.82, 2.24) is 4.90 Å². The van der Waals surface area contributed by atoms with Gasteiger partial charge in [0.25, 0.3) is 0 Å². The van der Waals surface area contributed by atoms with Crippen LogP contribution in [-0.4, -0.2) is 49.6 Å². The second-order valence-corrected chi connectivity index (χ2v) is 5.61. The first-order chi connectivity index (χ1) is 10.7. The van der Waals surface area contributed by atoms with E-state index >= 15 is 0 Å². The van der Waals surface area contributed by atoms with Crippen LogP contribution in [0.15, 0.2) is 24.3 Å². The van der Waals surface area contributed by atoms with E-state index in [2.05, 4.69) is 17.9 Å². The van der Waals surface area contributed by atoms with Crippen LogP contribution in [0, 0.1) is 0 Å². The molecule has 122 valence electrons. The minimum atomic E-state index is -0.354. The van der Waals surface area contributed by atoms with Gasteiger partial charge in [0.1, 0.15) is 5.75 Å². The zero-order chi connectivity index (χ0) is 15.9. The number of para-hydroxylation sites is 2. The summed E-state index contributed by atoms with van der Waals surface area (Å²) in [5, 5.41) is 0. The lowest BCUT2D eigenvalue weighted by molar-refractivity contribution is -0.133. The highest BCUT2D eigenvalue weighted by atomic mass is 16.5. The van der Waals surface area contributed by atoms with Gasteiger partial charge in [-0.25, -0.2) is 0 Å². The largest absolute Gasteiger partial charge is 0.492 e. The Morgan fingerprint density at radius 1 is 1.23 bits per heavy atom. The second-order valence-electron chi connectivity index (χ2n) is 5.61. The van der Waals surface area contributed by atoms with E-state index in [0.717, 1.165) is 50.5 Å². The molecule has 2 rings (SSSR count). The topological polar surface area (TPSA) is 58.8 Å². The molecule has 1 fully saturated rings. The van der Waals surface area contributed by atoms with Crippen molar-refractivity contribution in [2.75, 3.05) is 37.7 Å². The summed E-state index contributed by atoms with van der Waals surface area (Å²) in [6.07, 6.45) is 1.70. The molecule has 0 radical (unpaired) electrons. The minimum Gasteiger partial charge on any atom is -0.492 e. The number of rotatable bonds is 6. The van der Waals surface area contributed by atoms with E-state index in [9.17, 15) is 4.79 Å². The predicted molar refractivity (Wildman–Crippen MR) is 89.3 cm³/mol. The first-order valence-electron chi connectivity index (χ1n) is 8.18. The number of amides is 1. The molecule has 0 saturated carbocycles. The molecule has 1 saturated heterocycles. The van der Waals surface area contributed by atoms with E-state index in [0.29, 0.717) is 6.61 Å². The molecule has 0 bridgehead atoms. The summed E-state index contributed by atoms with van der Waals surface area (Å²) in [5.41, 5.74) is 7.05. The van der Waals surface area contributed by atoms with Gasteiger partial charge in [-0.1, -0.05) is 25.5 Å². The minimum absolute atomic E-state index is 0.0830. The van der Waals surface area contributed by atoms with Crippen molar-refractivity contribution in [2.24, 2.45) is 5.73 Å². The fourth-order valence-electron chi connectivity index (χ4n) is 2.83. The molecule has 0 unspecified atom stereocenters. The Balaban J connectivity index is 1.96. The fourth-order valence-corrected chi connectivity index (χ4v) is 2.83. The molecule has 1 heterocycles. The Morgan fingerprint density at radius 3 is 2.55 bits per heavy atom. The summed E-state index contributed by atoms with van der Waals surface area (Å²) in [6, 6.07) is 7.72. The van der Waals surface area contributed by atoms with E-state index in [1.165, 1.54) is 0 Å². The fraction of sp³-hybridized carbons (Fsp3) is 0.588. The molecule has 1 amide bonds. The van der Waals surface area contributed by atoms with Crippen molar-refractivity contribution in [3.63, 3.8) is 0 Å². The molecule has 1 atom stereocenters. The van der Waals surface area contributed by atoms with Crippen LogP contribution in [0.5, 0.6) is 5.75 Å². The Kier molecular flexibility index (Phi) is 6.07. The van der Waals surface area contributed by atoms with Crippen molar-refractivity contribution >= 4 is 11.6 Å². The molecule has 1 aromatic rings. The Labute approximate surface area is 133 Å². The lowest BCUT2D eigenvalue weighted by atomic mass is 10.1. The molecule has 0 aliphatic carbocycles. The van der Waals surface area contributed by atoms with Crippen molar-refractivity contribution < 1.29 is 9.53 Å². The number of carbonyl (C=O) groups is 1. The molecule has 1 aromatic carbocycles. The van der Waals surface area contributed by atoms with Gasteiger partial charge in [0.15, 0.2) is 0 Å². The highest BCUT2D eigenvalue weighted by Crippen LogP contribution is 2.28. The average Bonchev–Trinajstić information content (AvgIpc) is 2.55. The van der Waals surface area contributed by atoms with Crippen LogP contribution >= 0.6 is 0 Å². The SMILES string of the molecule is CCC[C@@H](N)C(=O)N1CCN(c2ccccc2OCC)CC1. The molecule has 22 heavy (non-hydrogen) atoms. The average molecular weight is 305 g/mol. The van der Waals surface area contributed by atoms with Crippen molar-refractivity contribution in [2.45, 2.75) is 32.7 Å².